The second-order valence-electron chi connectivity index (χ2n) is 4.41. The van der Waals surface area contributed by atoms with Crippen molar-refractivity contribution in [3.05, 3.63) is 59.2 Å². The minimum atomic E-state index is -0.910. The first kappa shape index (κ1) is 13.5. The summed E-state index contributed by atoms with van der Waals surface area (Å²) < 4.78 is 3.17. The summed E-state index contributed by atoms with van der Waals surface area (Å²) in [6.07, 6.45) is 0. The van der Waals surface area contributed by atoms with Gasteiger partial charge in [0, 0.05) is 10.6 Å². The summed E-state index contributed by atoms with van der Waals surface area (Å²) in [5, 5.41) is 9.01. The van der Waals surface area contributed by atoms with Crippen molar-refractivity contribution in [2.45, 2.75) is 18.7 Å². The Morgan fingerprint density at radius 1 is 1.05 bits per heavy atom. The molecule has 0 saturated carbocycles. The Hall–Kier alpha value is -1.94. The number of carboxylic acids is 1. The molecule has 2 N–H and O–H groups in total. The summed E-state index contributed by atoms with van der Waals surface area (Å²) in [6, 6.07) is 13.4. The van der Waals surface area contributed by atoms with E-state index >= 15 is 0 Å². The average Bonchev–Trinajstić information content (AvgIpc) is 2.37. The molecule has 0 radical (unpaired) electrons. The average molecular weight is 273 g/mol. The lowest BCUT2D eigenvalue weighted by molar-refractivity contribution is 0.0697. The van der Waals surface area contributed by atoms with Crippen LogP contribution in [0.15, 0.2) is 47.4 Å². The van der Waals surface area contributed by atoms with E-state index in [4.69, 9.17) is 5.11 Å². The van der Waals surface area contributed by atoms with Crippen LogP contribution >= 0.6 is 11.9 Å². The van der Waals surface area contributed by atoms with Gasteiger partial charge in [0.15, 0.2) is 0 Å². The van der Waals surface area contributed by atoms with Crippen molar-refractivity contribution >= 4 is 23.6 Å². The number of rotatable bonds is 4. The standard InChI is InChI=1S/C15H15NO2S/c1-10-3-5-14(6-4-10)19-16-13-8-11(2)7-12(9-13)15(17)18/h3-9,16H,1-2H3,(H,17,18). The topological polar surface area (TPSA) is 49.3 Å². The molecule has 0 saturated heterocycles. The number of carbonyl (C=O) groups is 1. The van der Waals surface area contributed by atoms with E-state index in [0.29, 0.717) is 5.56 Å². The van der Waals surface area contributed by atoms with Gasteiger partial charge in [-0.1, -0.05) is 17.7 Å². The molecule has 0 bridgehead atoms. The largest absolute Gasteiger partial charge is 0.478 e. The monoisotopic (exact) mass is 273 g/mol. The van der Waals surface area contributed by atoms with Crippen molar-refractivity contribution in [1.82, 2.24) is 0 Å². The van der Waals surface area contributed by atoms with Gasteiger partial charge in [0.25, 0.3) is 0 Å². The van der Waals surface area contributed by atoms with Crippen LogP contribution in [0, 0.1) is 13.8 Å². The van der Waals surface area contributed by atoms with Crippen LogP contribution < -0.4 is 4.72 Å². The predicted molar refractivity (Wildman–Crippen MR) is 78.8 cm³/mol. The summed E-state index contributed by atoms with van der Waals surface area (Å²) >= 11 is 1.47. The molecule has 0 aliphatic carbocycles. The minimum absolute atomic E-state index is 0.298. The maximum Gasteiger partial charge on any atom is 0.335 e. The molecule has 4 heteroatoms. The van der Waals surface area contributed by atoms with Gasteiger partial charge in [0.2, 0.25) is 0 Å². The summed E-state index contributed by atoms with van der Waals surface area (Å²) in [6.45, 7) is 3.93. The molecule has 0 aliphatic heterocycles. The fraction of sp³-hybridized carbons (Fsp3) is 0.133. The van der Waals surface area contributed by atoms with Gasteiger partial charge >= 0.3 is 5.97 Å². The highest BCUT2D eigenvalue weighted by molar-refractivity contribution is 8.00. The van der Waals surface area contributed by atoms with Crippen LogP contribution in [0.3, 0.4) is 0 Å². The summed E-state index contributed by atoms with van der Waals surface area (Å²) in [4.78, 5) is 12.1. The number of carboxylic acid groups (broad SMARTS) is 1. The Balaban J connectivity index is 2.11. The van der Waals surface area contributed by atoms with Gasteiger partial charge in [-0.05, 0) is 61.7 Å². The highest BCUT2D eigenvalue weighted by Crippen LogP contribution is 2.23. The number of aromatic carboxylic acids is 1. The van der Waals surface area contributed by atoms with Crippen molar-refractivity contribution in [2.75, 3.05) is 4.72 Å². The molecule has 0 aromatic heterocycles. The van der Waals surface area contributed by atoms with Crippen LogP contribution in [0.2, 0.25) is 0 Å². The number of anilines is 1. The lowest BCUT2D eigenvalue weighted by atomic mass is 10.1. The van der Waals surface area contributed by atoms with Crippen LogP contribution in [0.4, 0.5) is 5.69 Å². The van der Waals surface area contributed by atoms with Crippen LogP contribution in [-0.2, 0) is 0 Å². The summed E-state index contributed by atoms with van der Waals surface area (Å²) in [7, 11) is 0. The smallest absolute Gasteiger partial charge is 0.335 e. The van der Waals surface area contributed by atoms with E-state index in [9.17, 15) is 4.79 Å². The van der Waals surface area contributed by atoms with Crippen molar-refractivity contribution in [1.29, 1.82) is 0 Å². The van der Waals surface area contributed by atoms with E-state index in [1.807, 2.05) is 44.2 Å². The minimum Gasteiger partial charge on any atom is -0.478 e. The molecule has 2 rings (SSSR count). The van der Waals surface area contributed by atoms with Gasteiger partial charge in [-0.2, -0.15) is 0 Å². The molecule has 0 aliphatic rings. The van der Waals surface area contributed by atoms with Gasteiger partial charge in [0.1, 0.15) is 0 Å². The van der Waals surface area contributed by atoms with Gasteiger partial charge < -0.3 is 9.83 Å². The molecule has 0 unspecified atom stereocenters. The maximum atomic E-state index is 11.0. The van der Waals surface area contributed by atoms with Crippen LogP contribution in [0.25, 0.3) is 0 Å². The molecule has 0 amide bonds. The fourth-order valence-corrected chi connectivity index (χ4v) is 2.32. The van der Waals surface area contributed by atoms with Crippen molar-refractivity contribution < 1.29 is 9.90 Å². The highest BCUT2D eigenvalue weighted by atomic mass is 32.2. The van der Waals surface area contributed by atoms with Crippen LogP contribution in [-0.4, -0.2) is 11.1 Å². The molecular weight excluding hydrogens is 258 g/mol. The third-order valence-electron chi connectivity index (χ3n) is 2.63. The van der Waals surface area contributed by atoms with E-state index in [1.54, 1.807) is 12.1 Å². The first-order valence-corrected chi connectivity index (χ1v) is 6.71. The van der Waals surface area contributed by atoms with Crippen LogP contribution in [0.1, 0.15) is 21.5 Å². The first-order chi connectivity index (χ1) is 9.04. The SMILES string of the molecule is Cc1ccc(SNc2cc(C)cc(C(=O)O)c2)cc1. The second-order valence-corrected chi connectivity index (χ2v) is 5.29. The van der Waals surface area contributed by atoms with E-state index in [2.05, 4.69) is 4.72 Å². The zero-order valence-electron chi connectivity index (χ0n) is 10.8. The Labute approximate surface area is 116 Å². The van der Waals surface area contributed by atoms with Crippen molar-refractivity contribution in [3.63, 3.8) is 0 Å². The van der Waals surface area contributed by atoms with Crippen molar-refractivity contribution in [3.8, 4) is 0 Å². The molecule has 0 fully saturated rings. The van der Waals surface area contributed by atoms with Gasteiger partial charge in [-0.15, -0.1) is 0 Å². The zero-order valence-corrected chi connectivity index (χ0v) is 11.6. The molecule has 2 aromatic rings. The molecular formula is C15H15NO2S. The lowest BCUT2D eigenvalue weighted by Crippen LogP contribution is -1.98. The molecule has 3 nitrogen and oxygen atoms in total. The normalized spacial score (nSPS) is 10.2. The van der Waals surface area contributed by atoms with Crippen molar-refractivity contribution in [2.24, 2.45) is 0 Å². The summed E-state index contributed by atoms with van der Waals surface area (Å²) in [5.41, 5.74) is 3.23. The third-order valence-corrected chi connectivity index (χ3v) is 3.48. The Morgan fingerprint density at radius 3 is 2.37 bits per heavy atom. The number of aryl methyl sites for hydroxylation is 2. The quantitative estimate of drug-likeness (QED) is 0.823. The van der Waals surface area contributed by atoms with E-state index in [0.717, 1.165) is 16.1 Å². The fourth-order valence-electron chi connectivity index (χ4n) is 1.69. The summed E-state index contributed by atoms with van der Waals surface area (Å²) in [5.74, 6) is -0.910. The number of hydrogen-bond acceptors (Lipinski definition) is 3. The number of benzene rings is 2. The van der Waals surface area contributed by atoms with E-state index in [-0.39, 0.29) is 0 Å². The number of nitrogens with one attached hydrogen (secondary N) is 1. The van der Waals surface area contributed by atoms with Crippen LogP contribution in [0.5, 0.6) is 0 Å². The molecule has 0 atom stereocenters. The molecule has 0 heterocycles. The Kier molecular flexibility index (Phi) is 4.12. The molecule has 19 heavy (non-hydrogen) atoms. The Morgan fingerprint density at radius 2 is 1.74 bits per heavy atom. The maximum absolute atomic E-state index is 11.0. The second kappa shape index (κ2) is 5.80. The third kappa shape index (κ3) is 3.76. The lowest BCUT2D eigenvalue weighted by Gasteiger charge is -2.08. The number of hydrogen-bond donors (Lipinski definition) is 2. The first-order valence-electron chi connectivity index (χ1n) is 5.89. The van der Waals surface area contributed by atoms with E-state index in [1.165, 1.54) is 17.5 Å². The molecule has 98 valence electrons. The van der Waals surface area contributed by atoms with E-state index < -0.39 is 5.97 Å². The molecule has 2 aromatic carbocycles. The van der Waals surface area contributed by atoms with Gasteiger partial charge in [0.05, 0.1) is 5.56 Å². The predicted octanol–water partition coefficient (Wildman–Crippen LogP) is 4.12. The molecule has 0 spiro atoms. The van der Waals surface area contributed by atoms with Gasteiger partial charge in [-0.25, -0.2) is 4.79 Å². The Bertz CT molecular complexity index is 594. The highest BCUT2D eigenvalue weighted by Gasteiger charge is 2.05. The zero-order chi connectivity index (χ0) is 13.8. The van der Waals surface area contributed by atoms with Gasteiger partial charge in [-0.3, -0.25) is 0 Å².